The number of carbonyl (C=O) groups is 1. The second kappa shape index (κ2) is 5.94. The fraction of sp³-hybridized carbons (Fsp3) is 0.235. The number of nitrogen functional groups attached to an aromatic ring is 1. The summed E-state index contributed by atoms with van der Waals surface area (Å²) >= 11 is 0. The Morgan fingerprint density at radius 1 is 1.31 bits per heavy atom. The van der Waals surface area contributed by atoms with Crippen molar-refractivity contribution in [1.82, 2.24) is 14.6 Å². The topological polar surface area (TPSA) is 96.8 Å². The first kappa shape index (κ1) is 16.2. The monoisotopic (exact) mass is 359 g/mol. The van der Waals surface area contributed by atoms with Crippen LogP contribution >= 0.6 is 0 Å². The Bertz CT molecular complexity index is 1020. The maximum Gasteiger partial charge on any atom is 0.341 e. The molecule has 1 atom stereocenters. The van der Waals surface area contributed by atoms with Gasteiger partial charge in [0.25, 0.3) is 0 Å². The van der Waals surface area contributed by atoms with Crippen LogP contribution in [0.3, 0.4) is 0 Å². The van der Waals surface area contributed by atoms with Gasteiger partial charge in [-0.15, -0.1) is 5.10 Å². The van der Waals surface area contributed by atoms with Gasteiger partial charge in [0.05, 0.1) is 11.6 Å². The van der Waals surface area contributed by atoms with E-state index in [4.69, 9.17) is 5.73 Å². The Hall–Kier alpha value is -3.23. The maximum absolute atomic E-state index is 14.2. The highest BCUT2D eigenvalue weighted by molar-refractivity contribution is 6.00. The van der Waals surface area contributed by atoms with Crippen LogP contribution < -0.4 is 10.6 Å². The van der Waals surface area contributed by atoms with Gasteiger partial charge in [0.1, 0.15) is 29.3 Å². The number of halogens is 2. The summed E-state index contributed by atoms with van der Waals surface area (Å²) in [5, 5.41) is 13.3. The fourth-order valence-electron chi connectivity index (χ4n) is 3.48. The van der Waals surface area contributed by atoms with Crippen molar-refractivity contribution in [3.05, 3.63) is 53.4 Å². The molecule has 1 fully saturated rings. The first-order chi connectivity index (χ1) is 12.5. The van der Waals surface area contributed by atoms with Gasteiger partial charge in [-0.1, -0.05) is 0 Å². The smallest absolute Gasteiger partial charge is 0.341 e. The van der Waals surface area contributed by atoms with Crippen molar-refractivity contribution in [3.63, 3.8) is 0 Å². The predicted octanol–water partition coefficient (Wildman–Crippen LogP) is 2.63. The van der Waals surface area contributed by atoms with Gasteiger partial charge in [-0.2, -0.15) is 0 Å². The molecule has 3 heterocycles. The molecular formula is C17H15F2N5O2. The molecule has 2 aromatic heterocycles. The zero-order valence-electron chi connectivity index (χ0n) is 13.6. The second-order valence-corrected chi connectivity index (χ2v) is 6.16. The van der Waals surface area contributed by atoms with Crippen LogP contribution in [-0.4, -0.2) is 32.2 Å². The molecule has 7 nitrogen and oxygen atoms in total. The minimum atomic E-state index is -1.19. The molecule has 0 spiro atoms. The summed E-state index contributed by atoms with van der Waals surface area (Å²) in [6.07, 6.45) is 2.78. The molecule has 1 aliphatic rings. The van der Waals surface area contributed by atoms with Crippen molar-refractivity contribution in [2.45, 2.75) is 18.9 Å². The van der Waals surface area contributed by atoms with Crippen LogP contribution in [0.25, 0.3) is 5.52 Å². The summed E-state index contributed by atoms with van der Waals surface area (Å²) in [5.74, 6) is -1.82. The zero-order chi connectivity index (χ0) is 18.4. The summed E-state index contributed by atoms with van der Waals surface area (Å²) in [6, 6.07) is 4.56. The maximum atomic E-state index is 14.2. The number of nitrogens with zero attached hydrogens (tertiary/aromatic N) is 4. The number of fused-ring (bicyclic) bond motifs is 1. The first-order valence-electron chi connectivity index (χ1n) is 8.04. The van der Waals surface area contributed by atoms with E-state index in [0.717, 1.165) is 18.6 Å². The summed E-state index contributed by atoms with van der Waals surface area (Å²) in [7, 11) is 0. The largest absolute Gasteiger partial charge is 0.477 e. The van der Waals surface area contributed by atoms with Crippen LogP contribution in [0.5, 0.6) is 0 Å². The van der Waals surface area contributed by atoms with Crippen LogP contribution in [0.2, 0.25) is 0 Å². The molecule has 1 unspecified atom stereocenters. The number of carboxylic acids is 1. The van der Waals surface area contributed by atoms with E-state index < -0.39 is 17.6 Å². The SMILES string of the molecule is Nc1nn2cnc(N3CCCC3c3cc(F)ccc3F)cc2c1C(=O)O. The lowest BCUT2D eigenvalue weighted by Crippen LogP contribution is -2.24. The molecule has 3 aromatic rings. The summed E-state index contributed by atoms with van der Waals surface area (Å²) < 4.78 is 29.1. The number of rotatable bonds is 3. The fourth-order valence-corrected chi connectivity index (χ4v) is 3.48. The number of benzene rings is 1. The van der Waals surface area contributed by atoms with E-state index in [1.807, 2.05) is 4.90 Å². The minimum Gasteiger partial charge on any atom is -0.477 e. The minimum absolute atomic E-state index is 0.106. The number of hydrogen-bond donors (Lipinski definition) is 2. The Morgan fingerprint density at radius 3 is 2.88 bits per heavy atom. The lowest BCUT2D eigenvalue weighted by atomic mass is 10.0. The average Bonchev–Trinajstić information content (AvgIpc) is 3.19. The molecule has 0 amide bonds. The quantitative estimate of drug-likeness (QED) is 0.746. The van der Waals surface area contributed by atoms with Crippen molar-refractivity contribution >= 4 is 23.1 Å². The average molecular weight is 359 g/mol. The van der Waals surface area contributed by atoms with Crippen molar-refractivity contribution in [3.8, 4) is 0 Å². The zero-order valence-corrected chi connectivity index (χ0v) is 13.6. The molecule has 1 aromatic carbocycles. The first-order valence-corrected chi connectivity index (χ1v) is 8.04. The van der Waals surface area contributed by atoms with Crippen LogP contribution in [0.4, 0.5) is 20.4 Å². The Labute approximate surface area is 146 Å². The van der Waals surface area contributed by atoms with Gasteiger partial charge in [-0.3, -0.25) is 0 Å². The second-order valence-electron chi connectivity index (χ2n) is 6.16. The third kappa shape index (κ3) is 2.52. The van der Waals surface area contributed by atoms with Gasteiger partial charge < -0.3 is 15.7 Å². The van der Waals surface area contributed by atoms with Crippen LogP contribution in [0.1, 0.15) is 34.8 Å². The highest BCUT2D eigenvalue weighted by Crippen LogP contribution is 2.37. The van der Waals surface area contributed by atoms with E-state index in [0.29, 0.717) is 24.3 Å². The van der Waals surface area contributed by atoms with Gasteiger partial charge in [-0.05, 0) is 31.0 Å². The number of nitrogens with two attached hydrogens (primary N) is 1. The number of aromatic nitrogens is 3. The van der Waals surface area contributed by atoms with Gasteiger partial charge in [-0.25, -0.2) is 23.1 Å². The lowest BCUT2D eigenvalue weighted by molar-refractivity contribution is 0.0700. The van der Waals surface area contributed by atoms with Gasteiger partial charge in [0.15, 0.2) is 5.82 Å². The molecule has 0 bridgehead atoms. The van der Waals surface area contributed by atoms with Crippen molar-refractivity contribution in [1.29, 1.82) is 0 Å². The van der Waals surface area contributed by atoms with E-state index in [-0.39, 0.29) is 23.0 Å². The van der Waals surface area contributed by atoms with E-state index >= 15 is 0 Å². The third-order valence-electron chi connectivity index (χ3n) is 4.62. The lowest BCUT2D eigenvalue weighted by Gasteiger charge is -2.26. The number of carboxylic acid groups (broad SMARTS) is 1. The van der Waals surface area contributed by atoms with Crippen molar-refractivity contribution < 1.29 is 18.7 Å². The Kier molecular flexibility index (Phi) is 3.71. The normalized spacial score (nSPS) is 17.2. The van der Waals surface area contributed by atoms with E-state index in [1.54, 1.807) is 6.07 Å². The van der Waals surface area contributed by atoms with Crippen molar-refractivity contribution in [2.24, 2.45) is 0 Å². The summed E-state index contributed by atoms with van der Waals surface area (Å²) in [5.41, 5.74) is 6.11. The number of hydrogen-bond acceptors (Lipinski definition) is 5. The Morgan fingerprint density at radius 2 is 2.12 bits per heavy atom. The van der Waals surface area contributed by atoms with E-state index in [9.17, 15) is 18.7 Å². The van der Waals surface area contributed by atoms with Crippen LogP contribution in [-0.2, 0) is 0 Å². The van der Waals surface area contributed by atoms with E-state index in [1.165, 1.54) is 16.9 Å². The van der Waals surface area contributed by atoms with Crippen LogP contribution in [0.15, 0.2) is 30.6 Å². The molecule has 1 saturated heterocycles. The van der Waals surface area contributed by atoms with Crippen LogP contribution in [0, 0.1) is 11.6 Å². The Balaban J connectivity index is 1.80. The molecule has 0 aliphatic carbocycles. The van der Waals surface area contributed by atoms with Crippen molar-refractivity contribution in [2.75, 3.05) is 17.2 Å². The molecule has 4 rings (SSSR count). The molecule has 0 saturated carbocycles. The van der Waals surface area contributed by atoms with Gasteiger partial charge in [0, 0.05) is 18.2 Å². The highest BCUT2D eigenvalue weighted by atomic mass is 19.1. The molecule has 9 heteroatoms. The highest BCUT2D eigenvalue weighted by Gasteiger charge is 2.30. The number of anilines is 2. The predicted molar refractivity (Wildman–Crippen MR) is 90.0 cm³/mol. The molecule has 3 N–H and O–H groups in total. The molecular weight excluding hydrogens is 344 g/mol. The van der Waals surface area contributed by atoms with Gasteiger partial charge >= 0.3 is 5.97 Å². The molecule has 26 heavy (non-hydrogen) atoms. The summed E-state index contributed by atoms with van der Waals surface area (Å²) in [4.78, 5) is 17.6. The number of aromatic carboxylic acids is 1. The summed E-state index contributed by atoms with van der Waals surface area (Å²) in [6.45, 7) is 0.593. The third-order valence-corrected chi connectivity index (χ3v) is 4.62. The molecule has 134 valence electrons. The standard InChI is InChI=1S/C17H15F2N5O2/c18-9-3-4-11(19)10(6-9)12-2-1-5-23(12)14-7-13-15(17(25)26)16(20)22-24(13)8-21-14/h3-4,6-8,12H,1-2,5H2,(H2,20,22)(H,25,26). The van der Waals surface area contributed by atoms with E-state index in [2.05, 4.69) is 10.1 Å². The van der Waals surface area contributed by atoms with Gasteiger partial charge in [0.2, 0.25) is 0 Å². The molecule has 0 radical (unpaired) electrons. The molecule has 1 aliphatic heterocycles.